The number of hydrogen-bond donors (Lipinski definition) is 2. The Bertz CT molecular complexity index is 880. The van der Waals surface area contributed by atoms with Crippen LogP contribution >= 0.6 is 0 Å². The molecule has 2 N–H and O–H groups in total. The van der Waals surface area contributed by atoms with Crippen LogP contribution < -0.4 is 10.1 Å². The third-order valence-electron chi connectivity index (χ3n) is 5.93. The van der Waals surface area contributed by atoms with Gasteiger partial charge in [-0.15, -0.1) is 0 Å². The predicted octanol–water partition coefficient (Wildman–Crippen LogP) is 3.14. The standard InChI is InChI=1S/C21H26FN3O3/c1-21(2,27)14-3-5-15(6-4-14)24-20(26)13-9-16-18-11-23-12-25(18)7-8-28-19(16)17(22)10-13/h9-12,14-15,27H,3-8H2,1-2H3,(H,24,26). The maximum Gasteiger partial charge on any atom is 0.251 e. The van der Waals surface area contributed by atoms with E-state index < -0.39 is 11.4 Å². The number of benzene rings is 1. The van der Waals surface area contributed by atoms with Gasteiger partial charge in [0.2, 0.25) is 0 Å². The zero-order valence-electron chi connectivity index (χ0n) is 16.2. The van der Waals surface area contributed by atoms with Crippen molar-refractivity contribution < 1.29 is 19.0 Å². The number of hydrogen-bond acceptors (Lipinski definition) is 4. The number of nitrogens with zero attached hydrogens (tertiary/aromatic N) is 2. The van der Waals surface area contributed by atoms with Crippen LogP contribution in [0.1, 0.15) is 49.9 Å². The molecule has 1 aliphatic heterocycles. The Labute approximate surface area is 163 Å². The molecule has 0 bridgehead atoms. The summed E-state index contributed by atoms with van der Waals surface area (Å²) < 4.78 is 22.1. The van der Waals surface area contributed by atoms with Crippen LogP contribution in [0.2, 0.25) is 0 Å². The van der Waals surface area contributed by atoms with Gasteiger partial charge in [0.05, 0.1) is 30.4 Å². The van der Waals surface area contributed by atoms with Crippen LogP contribution in [0.4, 0.5) is 4.39 Å². The molecule has 1 aromatic carbocycles. The van der Waals surface area contributed by atoms with Crippen molar-refractivity contribution in [3.8, 4) is 17.0 Å². The molecule has 7 heteroatoms. The van der Waals surface area contributed by atoms with Crippen LogP contribution in [-0.4, -0.2) is 38.8 Å². The molecule has 1 aromatic heterocycles. The van der Waals surface area contributed by atoms with Crippen molar-refractivity contribution in [3.05, 3.63) is 36.0 Å². The molecule has 0 atom stereocenters. The second kappa shape index (κ2) is 7.20. The fourth-order valence-electron chi connectivity index (χ4n) is 4.24. The van der Waals surface area contributed by atoms with E-state index in [1.807, 2.05) is 18.4 Å². The molecule has 2 heterocycles. The van der Waals surface area contributed by atoms with Gasteiger partial charge in [0.1, 0.15) is 6.61 Å². The summed E-state index contributed by atoms with van der Waals surface area (Å²) in [5.41, 5.74) is 0.870. The number of carbonyl (C=O) groups excluding carboxylic acids is 1. The molecule has 1 aliphatic carbocycles. The van der Waals surface area contributed by atoms with Crippen LogP contribution in [0.3, 0.4) is 0 Å². The Kier molecular flexibility index (Phi) is 4.87. The topological polar surface area (TPSA) is 76.4 Å². The number of aliphatic hydroxyl groups is 1. The minimum atomic E-state index is -0.696. The molecule has 2 aliphatic rings. The van der Waals surface area contributed by atoms with Crippen LogP contribution in [0, 0.1) is 11.7 Å². The summed E-state index contributed by atoms with van der Waals surface area (Å²) in [6, 6.07) is 2.95. The zero-order valence-corrected chi connectivity index (χ0v) is 16.2. The highest BCUT2D eigenvalue weighted by Crippen LogP contribution is 2.36. The van der Waals surface area contributed by atoms with Gasteiger partial charge in [0.15, 0.2) is 11.6 Å². The Morgan fingerprint density at radius 2 is 2.07 bits per heavy atom. The van der Waals surface area contributed by atoms with Crippen molar-refractivity contribution in [1.29, 1.82) is 0 Å². The van der Waals surface area contributed by atoms with Crippen LogP contribution in [-0.2, 0) is 6.54 Å². The number of carbonyl (C=O) groups is 1. The van der Waals surface area contributed by atoms with Gasteiger partial charge in [-0.3, -0.25) is 4.79 Å². The summed E-state index contributed by atoms with van der Waals surface area (Å²) in [6.07, 6.45) is 6.68. The zero-order chi connectivity index (χ0) is 19.9. The van der Waals surface area contributed by atoms with Crippen molar-refractivity contribution in [2.24, 2.45) is 5.92 Å². The summed E-state index contributed by atoms with van der Waals surface area (Å²) in [5.74, 6) is -0.420. The normalized spacial score (nSPS) is 21.9. The molecule has 0 unspecified atom stereocenters. The van der Waals surface area contributed by atoms with E-state index in [0.717, 1.165) is 31.4 Å². The van der Waals surface area contributed by atoms with Gasteiger partial charge < -0.3 is 19.7 Å². The second-order valence-electron chi connectivity index (χ2n) is 8.33. The maximum absolute atomic E-state index is 14.7. The molecule has 1 saturated carbocycles. The second-order valence-corrected chi connectivity index (χ2v) is 8.33. The third-order valence-corrected chi connectivity index (χ3v) is 5.93. The van der Waals surface area contributed by atoms with E-state index in [2.05, 4.69) is 10.3 Å². The van der Waals surface area contributed by atoms with Gasteiger partial charge >= 0.3 is 0 Å². The van der Waals surface area contributed by atoms with Gasteiger partial charge in [-0.05, 0) is 57.6 Å². The quantitative estimate of drug-likeness (QED) is 0.848. The highest BCUT2D eigenvalue weighted by molar-refractivity contribution is 5.96. The Morgan fingerprint density at radius 1 is 1.32 bits per heavy atom. The van der Waals surface area contributed by atoms with Crippen molar-refractivity contribution in [2.75, 3.05) is 6.61 Å². The summed E-state index contributed by atoms with van der Waals surface area (Å²) in [7, 11) is 0. The minimum Gasteiger partial charge on any atom is -0.488 e. The van der Waals surface area contributed by atoms with Crippen molar-refractivity contribution in [2.45, 2.75) is 57.7 Å². The number of imidazole rings is 1. The molecule has 2 aromatic rings. The Hall–Kier alpha value is -2.41. The highest BCUT2D eigenvalue weighted by Gasteiger charge is 2.32. The molecule has 1 amide bonds. The van der Waals surface area contributed by atoms with Crippen LogP contribution in [0.15, 0.2) is 24.7 Å². The number of fused-ring (bicyclic) bond motifs is 3. The lowest BCUT2D eigenvalue weighted by molar-refractivity contribution is -0.00257. The number of amides is 1. The Balaban J connectivity index is 1.52. The SMILES string of the molecule is CC(C)(O)C1CCC(NC(=O)c2cc(F)c3c(c2)-c2cncn2CCO3)CC1. The Morgan fingerprint density at radius 3 is 2.79 bits per heavy atom. The van der Waals surface area contributed by atoms with E-state index in [1.54, 1.807) is 18.6 Å². The molecule has 0 spiro atoms. The summed E-state index contributed by atoms with van der Waals surface area (Å²) in [6.45, 7) is 4.60. The van der Waals surface area contributed by atoms with E-state index in [1.165, 1.54) is 6.07 Å². The lowest BCUT2D eigenvalue weighted by Crippen LogP contribution is -2.41. The monoisotopic (exact) mass is 387 g/mol. The fourth-order valence-corrected chi connectivity index (χ4v) is 4.24. The van der Waals surface area contributed by atoms with Gasteiger partial charge in [0.25, 0.3) is 5.91 Å². The summed E-state index contributed by atoms with van der Waals surface area (Å²) in [5, 5.41) is 13.2. The highest BCUT2D eigenvalue weighted by atomic mass is 19.1. The predicted molar refractivity (Wildman–Crippen MR) is 103 cm³/mol. The first kappa shape index (κ1) is 18.9. The van der Waals surface area contributed by atoms with E-state index in [0.29, 0.717) is 18.7 Å². The average molecular weight is 387 g/mol. The van der Waals surface area contributed by atoms with Crippen LogP contribution in [0.5, 0.6) is 5.75 Å². The van der Waals surface area contributed by atoms with Crippen molar-refractivity contribution in [3.63, 3.8) is 0 Å². The first-order valence-corrected chi connectivity index (χ1v) is 9.83. The van der Waals surface area contributed by atoms with E-state index >= 15 is 0 Å². The van der Waals surface area contributed by atoms with Crippen molar-refractivity contribution in [1.82, 2.24) is 14.9 Å². The largest absolute Gasteiger partial charge is 0.488 e. The number of rotatable bonds is 3. The summed E-state index contributed by atoms with van der Waals surface area (Å²) in [4.78, 5) is 16.9. The molecule has 0 saturated heterocycles. The van der Waals surface area contributed by atoms with Gasteiger partial charge in [-0.1, -0.05) is 0 Å². The fraction of sp³-hybridized carbons (Fsp3) is 0.524. The molecule has 0 radical (unpaired) electrons. The van der Waals surface area contributed by atoms with Gasteiger partial charge in [0, 0.05) is 17.2 Å². The van der Waals surface area contributed by atoms with E-state index in [4.69, 9.17) is 4.74 Å². The minimum absolute atomic E-state index is 0.0368. The molecule has 6 nitrogen and oxygen atoms in total. The molecule has 28 heavy (non-hydrogen) atoms. The number of halogens is 1. The van der Waals surface area contributed by atoms with Crippen molar-refractivity contribution >= 4 is 5.91 Å². The molecular formula is C21H26FN3O3. The lowest BCUT2D eigenvalue weighted by Gasteiger charge is -2.36. The first-order chi connectivity index (χ1) is 13.3. The molecule has 1 fully saturated rings. The lowest BCUT2D eigenvalue weighted by atomic mass is 9.77. The number of nitrogens with one attached hydrogen (secondary N) is 1. The summed E-state index contributed by atoms with van der Waals surface area (Å²) >= 11 is 0. The first-order valence-electron chi connectivity index (χ1n) is 9.83. The van der Waals surface area contributed by atoms with E-state index in [9.17, 15) is 14.3 Å². The number of aromatic nitrogens is 2. The molecule has 4 rings (SSSR count). The smallest absolute Gasteiger partial charge is 0.251 e. The van der Waals surface area contributed by atoms with E-state index in [-0.39, 0.29) is 29.2 Å². The van der Waals surface area contributed by atoms with Gasteiger partial charge in [-0.2, -0.15) is 0 Å². The molecular weight excluding hydrogens is 361 g/mol. The number of ether oxygens (including phenoxy) is 1. The van der Waals surface area contributed by atoms with Gasteiger partial charge in [-0.25, -0.2) is 9.37 Å². The van der Waals surface area contributed by atoms with Crippen LogP contribution in [0.25, 0.3) is 11.3 Å². The maximum atomic E-state index is 14.7. The third kappa shape index (κ3) is 3.63. The molecule has 150 valence electrons. The average Bonchev–Trinajstić information content (AvgIpc) is 3.03.